The van der Waals surface area contributed by atoms with E-state index in [1.165, 1.54) is 0 Å². The zero-order valence-corrected chi connectivity index (χ0v) is 11.0. The number of hydrogen-bond acceptors (Lipinski definition) is 6. The molecule has 0 atom stereocenters. The van der Waals surface area contributed by atoms with E-state index in [4.69, 9.17) is 19.6 Å². The molecule has 102 valence electrons. The van der Waals surface area contributed by atoms with Crippen LogP contribution in [0.4, 0.5) is 0 Å². The summed E-state index contributed by atoms with van der Waals surface area (Å²) in [5.74, 6) is 2.29. The Kier molecular flexibility index (Phi) is 4.35. The van der Waals surface area contributed by atoms with Crippen LogP contribution in [0.1, 0.15) is 17.3 Å². The van der Waals surface area contributed by atoms with Crippen molar-refractivity contribution < 1.29 is 13.9 Å². The van der Waals surface area contributed by atoms with Gasteiger partial charge in [0.1, 0.15) is 0 Å². The van der Waals surface area contributed by atoms with Gasteiger partial charge in [0.05, 0.1) is 7.11 Å². The van der Waals surface area contributed by atoms with E-state index in [1.807, 2.05) is 18.2 Å². The molecule has 0 aliphatic heterocycles. The molecule has 0 aliphatic carbocycles. The fourth-order valence-corrected chi connectivity index (χ4v) is 1.77. The predicted molar refractivity (Wildman–Crippen MR) is 69.1 cm³/mol. The number of ether oxygens (including phenoxy) is 2. The minimum Gasteiger partial charge on any atom is -0.493 e. The molecule has 1 aromatic carbocycles. The number of hydrogen-bond donors (Lipinski definition) is 1. The van der Waals surface area contributed by atoms with Crippen LogP contribution in [0, 0.1) is 6.92 Å². The van der Waals surface area contributed by atoms with Crippen molar-refractivity contribution in [2.45, 2.75) is 20.0 Å². The Labute approximate surface area is 111 Å². The van der Waals surface area contributed by atoms with E-state index in [-0.39, 0.29) is 6.61 Å². The Morgan fingerprint density at radius 3 is 2.79 bits per heavy atom. The fraction of sp³-hybridized carbons (Fsp3) is 0.385. The van der Waals surface area contributed by atoms with Crippen LogP contribution >= 0.6 is 0 Å². The number of nitrogens with two attached hydrogens (primary N) is 1. The second-order valence-corrected chi connectivity index (χ2v) is 3.99. The average Bonchev–Trinajstić information content (AvgIpc) is 2.83. The summed E-state index contributed by atoms with van der Waals surface area (Å²) < 4.78 is 16.3. The summed E-state index contributed by atoms with van der Waals surface area (Å²) in [6.45, 7) is 2.49. The van der Waals surface area contributed by atoms with Crippen LogP contribution < -0.4 is 15.2 Å². The molecule has 1 aromatic heterocycles. The fourth-order valence-electron chi connectivity index (χ4n) is 1.77. The number of aromatic nitrogens is 2. The molecule has 0 aliphatic rings. The Morgan fingerprint density at radius 2 is 2.16 bits per heavy atom. The van der Waals surface area contributed by atoms with Gasteiger partial charge in [0.15, 0.2) is 18.1 Å². The van der Waals surface area contributed by atoms with Gasteiger partial charge >= 0.3 is 0 Å². The molecule has 0 amide bonds. The molecule has 0 saturated carbocycles. The van der Waals surface area contributed by atoms with Crippen LogP contribution in [0.15, 0.2) is 22.6 Å². The van der Waals surface area contributed by atoms with Crippen molar-refractivity contribution in [3.8, 4) is 11.5 Å². The lowest BCUT2D eigenvalue weighted by Gasteiger charge is -2.13. The molecule has 0 radical (unpaired) electrons. The lowest BCUT2D eigenvalue weighted by atomic mass is 10.1. The summed E-state index contributed by atoms with van der Waals surface area (Å²) in [7, 11) is 1.60. The topological polar surface area (TPSA) is 83.4 Å². The van der Waals surface area contributed by atoms with E-state index in [9.17, 15) is 0 Å². The summed E-state index contributed by atoms with van der Waals surface area (Å²) in [5.41, 5.74) is 6.59. The first-order valence-electron chi connectivity index (χ1n) is 6.02. The van der Waals surface area contributed by atoms with Gasteiger partial charge in [0, 0.05) is 6.92 Å². The first-order chi connectivity index (χ1) is 9.24. The van der Waals surface area contributed by atoms with Crippen molar-refractivity contribution in [1.82, 2.24) is 10.2 Å². The third-order valence-electron chi connectivity index (χ3n) is 2.60. The van der Waals surface area contributed by atoms with Gasteiger partial charge in [-0.05, 0) is 24.6 Å². The van der Waals surface area contributed by atoms with Crippen molar-refractivity contribution >= 4 is 0 Å². The highest BCUT2D eigenvalue weighted by atomic mass is 16.5. The van der Waals surface area contributed by atoms with Crippen molar-refractivity contribution in [2.75, 3.05) is 13.7 Å². The quantitative estimate of drug-likeness (QED) is 0.849. The molecule has 2 rings (SSSR count). The molecule has 2 N–H and O–H groups in total. The third-order valence-corrected chi connectivity index (χ3v) is 2.60. The number of para-hydroxylation sites is 1. The van der Waals surface area contributed by atoms with Crippen LogP contribution in [0.3, 0.4) is 0 Å². The molecule has 0 fully saturated rings. The predicted octanol–water partition coefficient (Wildman–Crippen LogP) is 1.47. The first-order valence-corrected chi connectivity index (χ1v) is 6.02. The molecular weight excluding hydrogens is 246 g/mol. The number of benzene rings is 1. The molecule has 6 nitrogen and oxygen atoms in total. The maximum atomic E-state index is 5.73. The highest BCUT2D eigenvalue weighted by molar-refractivity contribution is 5.46. The van der Waals surface area contributed by atoms with E-state index in [2.05, 4.69) is 10.2 Å². The number of aryl methyl sites for hydroxylation is 1. The van der Waals surface area contributed by atoms with Gasteiger partial charge in [0.2, 0.25) is 5.89 Å². The maximum absolute atomic E-state index is 5.73. The van der Waals surface area contributed by atoms with Gasteiger partial charge in [-0.25, -0.2) is 0 Å². The Balaban J connectivity index is 2.17. The van der Waals surface area contributed by atoms with E-state index in [0.29, 0.717) is 29.8 Å². The van der Waals surface area contributed by atoms with Crippen LogP contribution in [0.25, 0.3) is 0 Å². The summed E-state index contributed by atoms with van der Waals surface area (Å²) >= 11 is 0. The van der Waals surface area contributed by atoms with Gasteiger partial charge in [-0.3, -0.25) is 0 Å². The molecular formula is C13H17N3O3. The lowest BCUT2D eigenvalue weighted by Crippen LogP contribution is -2.06. The monoisotopic (exact) mass is 263 g/mol. The van der Waals surface area contributed by atoms with Gasteiger partial charge < -0.3 is 19.6 Å². The summed E-state index contributed by atoms with van der Waals surface area (Å²) in [6.07, 6.45) is 0.718. The molecule has 0 saturated heterocycles. The molecule has 19 heavy (non-hydrogen) atoms. The molecule has 1 heterocycles. The van der Waals surface area contributed by atoms with E-state index >= 15 is 0 Å². The number of rotatable bonds is 6. The third kappa shape index (κ3) is 3.23. The smallest absolute Gasteiger partial charge is 0.253 e. The normalized spacial score (nSPS) is 10.5. The van der Waals surface area contributed by atoms with Crippen LogP contribution in [-0.4, -0.2) is 23.9 Å². The molecule has 6 heteroatoms. The second-order valence-electron chi connectivity index (χ2n) is 3.99. The summed E-state index contributed by atoms with van der Waals surface area (Å²) in [6, 6.07) is 5.71. The minimum atomic E-state index is 0.207. The Hall–Kier alpha value is -2.08. The van der Waals surface area contributed by atoms with Crippen LogP contribution in [0.5, 0.6) is 11.5 Å². The van der Waals surface area contributed by atoms with E-state index in [1.54, 1.807) is 14.0 Å². The largest absolute Gasteiger partial charge is 0.493 e. The van der Waals surface area contributed by atoms with E-state index < -0.39 is 0 Å². The van der Waals surface area contributed by atoms with Crippen molar-refractivity contribution in [3.63, 3.8) is 0 Å². The highest BCUT2D eigenvalue weighted by Crippen LogP contribution is 2.31. The van der Waals surface area contributed by atoms with Gasteiger partial charge in [-0.1, -0.05) is 12.1 Å². The molecule has 0 bridgehead atoms. The van der Waals surface area contributed by atoms with Crippen molar-refractivity contribution in [2.24, 2.45) is 5.73 Å². The van der Waals surface area contributed by atoms with Crippen molar-refractivity contribution in [1.29, 1.82) is 0 Å². The molecule has 0 spiro atoms. The van der Waals surface area contributed by atoms with Crippen molar-refractivity contribution in [3.05, 3.63) is 35.5 Å². The van der Waals surface area contributed by atoms with Gasteiger partial charge in [-0.2, -0.15) is 0 Å². The zero-order valence-electron chi connectivity index (χ0n) is 11.0. The number of nitrogens with zero attached hydrogens (tertiary/aromatic N) is 2. The summed E-state index contributed by atoms with van der Waals surface area (Å²) in [4.78, 5) is 0. The summed E-state index contributed by atoms with van der Waals surface area (Å²) in [5, 5.41) is 7.64. The minimum absolute atomic E-state index is 0.207. The maximum Gasteiger partial charge on any atom is 0.253 e. The standard InChI is InChI=1S/C13H17N3O3/c1-9-15-16-12(19-9)8-18-13-10(6-7-14)4-3-5-11(13)17-2/h3-5H,6-8,14H2,1-2H3. The Morgan fingerprint density at radius 1 is 1.32 bits per heavy atom. The van der Waals surface area contributed by atoms with E-state index in [0.717, 1.165) is 12.0 Å². The highest BCUT2D eigenvalue weighted by Gasteiger charge is 2.12. The van der Waals surface area contributed by atoms with Crippen LogP contribution in [0.2, 0.25) is 0 Å². The Bertz CT molecular complexity index is 540. The first kappa shape index (κ1) is 13.4. The zero-order chi connectivity index (χ0) is 13.7. The average molecular weight is 263 g/mol. The van der Waals surface area contributed by atoms with Crippen LogP contribution in [-0.2, 0) is 13.0 Å². The lowest BCUT2D eigenvalue weighted by molar-refractivity contribution is 0.245. The van der Waals surface area contributed by atoms with Gasteiger partial charge in [-0.15, -0.1) is 10.2 Å². The molecule has 2 aromatic rings. The second kappa shape index (κ2) is 6.19. The van der Waals surface area contributed by atoms with Gasteiger partial charge in [0.25, 0.3) is 5.89 Å². The molecule has 0 unspecified atom stereocenters. The SMILES string of the molecule is COc1cccc(CCN)c1OCc1nnc(C)o1. The number of methoxy groups -OCH3 is 1.